The molecule has 1 atom stereocenters. The second kappa shape index (κ2) is 7.25. The number of anilines is 1. The quantitative estimate of drug-likeness (QED) is 0.538. The van der Waals surface area contributed by atoms with Gasteiger partial charge in [-0.3, -0.25) is 4.98 Å². The third kappa shape index (κ3) is 3.38. The molecule has 1 N–H and O–H groups in total. The van der Waals surface area contributed by atoms with Crippen LogP contribution in [-0.2, 0) is 0 Å². The summed E-state index contributed by atoms with van der Waals surface area (Å²) in [4.78, 5) is 8.48. The average molecular weight is 386 g/mol. The van der Waals surface area contributed by atoms with Crippen molar-refractivity contribution in [2.75, 3.05) is 5.32 Å². The van der Waals surface area contributed by atoms with E-state index >= 15 is 0 Å². The molecule has 0 aliphatic heterocycles. The van der Waals surface area contributed by atoms with Gasteiger partial charge in [0.1, 0.15) is 11.9 Å². The molecule has 0 spiro atoms. The van der Waals surface area contributed by atoms with Crippen LogP contribution >= 0.6 is 0 Å². The number of rotatable bonds is 6. The van der Waals surface area contributed by atoms with E-state index in [-0.39, 0.29) is 17.6 Å². The number of fused-ring (bicyclic) bond motifs is 1. The minimum atomic E-state index is -2.78. The SMILES string of the molecule is CC(C)C(Nc1ccc2nnc(C(F)F)n2n1)c1nc(-c2cccnc2)no1. The number of hydrogen-bond acceptors (Lipinski definition) is 8. The topological polar surface area (TPSA) is 107 Å². The summed E-state index contributed by atoms with van der Waals surface area (Å²) in [6, 6.07) is 6.41. The van der Waals surface area contributed by atoms with E-state index in [4.69, 9.17) is 4.52 Å². The highest BCUT2D eigenvalue weighted by Crippen LogP contribution is 2.27. The van der Waals surface area contributed by atoms with Gasteiger partial charge in [0.2, 0.25) is 17.5 Å². The van der Waals surface area contributed by atoms with E-state index in [1.165, 1.54) is 0 Å². The number of pyridine rings is 1. The zero-order valence-electron chi connectivity index (χ0n) is 15.0. The van der Waals surface area contributed by atoms with E-state index in [1.54, 1.807) is 30.6 Å². The van der Waals surface area contributed by atoms with Crippen LogP contribution in [0.4, 0.5) is 14.6 Å². The lowest BCUT2D eigenvalue weighted by Crippen LogP contribution is -2.18. The molecule has 0 saturated heterocycles. The Bertz CT molecular complexity index is 1080. The highest BCUT2D eigenvalue weighted by atomic mass is 19.3. The molecule has 4 heterocycles. The molecule has 0 bridgehead atoms. The molecule has 144 valence electrons. The first-order chi connectivity index (χ1) is 13.5. The Morgan fingerprint density at radius 2 is 2.00 bits per heavy atom. The largest absolute Gasteiger partial charge is 0.357 e. The number of nitrogens with zero attached hydrogens (tertiary/aromatic N) is 7. The minimum Gasteiger partial charge on any atom is -0.357 e. The van der Waals surface area contributed by atoms with Crippen LogP contribution < -0.4 is 5.32 Å². The van der Waals surface area contributed by atoms with Gasteiger partial charge < -0.3 is 9.84 Å². The lowest BCUT2D eigenvalue weighted by Gasteiger charge is -2.19. The summed E-state index contributed by atoms with van der Waals surface area (Å²) in [6.45, 7) is 3.93. The van der Waals surface area contributed by atoms with Gasteiger partial charge in [0, 0.05) is 18.0 Å². The first-order valence-electron chi connectivity index (χ1n) is 8.54. The van der Waals surface area contributed by atoms with E-state index in [2.05, 4.69) is 35.7 Å². The molecule has 4 rings (SSSR count). The second-order valence-corrected chi connectivity index (χ2v) is 6.41. The van der Waals surface area contributed by atoms with Gasteiger partial charge in [0.05, 0.1) is 0 Å². The summed E-state index contributed by atoms with van der Waals surface area (Å²) in [7, 11) is 0. The summed E-state index contributed by atoms with van der Waals surface area (Å²) in [5.74, 6) is 0.659. The van der Waals surface area contributed by atoms with E-state index < -0.39 is 12.2 Å². The molecule has 0 saturated carbocycles. The lowest BCUT2D eigenvalue weighted by atomic mass is 10.0. The van der Waals surface area contributed by atoms with Crippen LogP contribution in [0, 0.1) is 5.92 Å². The maximum Gasteiger partial charge on any atom is 0.299 e. The molecule has 9 nitrogen and oxygen atoms in total. The maximum absolute atomic E-state index is 13.1. The predicted octanol–water partition coefficient (Wildman–Crippen LogP) is 3.32. The molecule has 0 aliphatic rings. The van der Waals surface area contributed by atoms with Crippen molar-refractivity contribution in [2.45, 2.75) is 26.3 Å². The molecule has 0 fully saturated rings. The van der Waals surface area contributed by atoms with Gasteiger partial charge in [-0.25, -0.2) is 8.78 Å². The molecule has 0 radical (unpaired) electrons. The maximum atomic E-state index is 13.1. The van der Waals surface area contributed by atoms with Crippen molar-refractivity contribution >= 4 is 11.5 Å². The average Bonchev–Trinajstić information content (AvgIpc) is 3.33. The Morgan fingerprint density at radius 1 is 1.14 bits per heavy atom. The Labute approximate surface area is 157 Å². The zero-order valence-corrected chi connectivity index (χ0v) is 15.0. The smallest absolute Gasteiger partial charge is 0.299 e. The van der Waals surface area contributed by atoms with Crippen molar-refractivity contribution in [3.63, 3.8) is 0 Å². The lowest BCUT2D eigenvalue weighted by molar-refractivity contribution is 0.137. The van der Waals surface area contributed by atoms with Crippen molar-refractivity contribution in [3.8, 4) is 11.4 Å². The van der Waals surface area contributed by atoms with Crippen LogP contribution in [0.3, 0.4) is 0 Å². The summed E-state index contributed by atoms with van der Waals surface area (Å²) >= 11 is 0. The number of alkyl halides is 2. The molecular weight excluding hydrogens is 370 g/mol. The van der Waals surface area contributed by atoms with Gasteiger partial charge in [-0.1, -0.05) is 19.0 Å². The predicted molar refractivity (Wildman–Crippen MR) is 94.5 cm³/mol. The molecule has 0 amide bonds. The van der Waals surface area contributed by atoms with Crippen LogP contribution in [0.1, 0.15) is 38.0 Å². The van der Waals surface area contributed by atoms with Gasteiger partial charge in [-0.05, 0) is 30.2 Å². The Hall–Kier alpha value is -3.50. The van der Waals surface area contributed by atoms with Gasteiger partial charge >= 0.3 is 0 Å². The third-order valence-electron chi connectivity index (χ3n) is 4.08. The summed E-state index contributed by atoms with van der Waals surface area (Å²) in [6.07, 6.45) is 0.514. The van der Waals surface area contributed by atoms with Crippen molar-refractivity contribution < 1.29 is 13.3 Å². The van der Waals surface area contributed by atoms with Crippen LogP contribution in [-0.4, -0.2) is 34.9 Å². The molecule has 0 aliphatic carbocycles. The van der Waals surface area contributed by atoms with Crippen molar-refractivity contribution in [3.05, 3.63) is 48.4 Å². The second-order valence-electron chi connectivity index (χ2n) is 6.41. The van der Waals surface area contributed by atoms with E-state index in [1.807, 2.05) is 19.9 Å². The highest BCUT2D eigenvalue weighted by Gasteiger charge is 2.24. The van der Waals surface area contributed by atoms with Crippen molar-refractivity contribution in [2.24, 2.45) is 5.92 Å². The highest BCUT2D eigenvalue weighted by molar-refractivity contribution is 5.52. The van der Waals surface area contributed by atoms with Crippen LogP contribution in [0.2, 0.25) is 0 Å². The summed E-state index contributed by atoms with van der Waals surface area (Å²) in [5.41, 5.74) is 0.962. The first kappa shape index (κ1) is 17.9. The molecule has 0 aromatic carbocycles. The fourth-order valence-corrected chi connectivity index (χ4v) is 2.67. The molecule has 11 heteroatoms. The zero-order chi connectivity index (χ0) is 19.7. The summed E-state index contributed by atoms with van der Waals surface area (Å²) < 4.78 is 32.6. The monoisotopic (exact) mass is 386 g/mol. The van der Waals surface area contributed by atoms with E-state index in [9.17, 15) is 8.78 Å². The molecule has 1 unspecified atom stereocenters. The minimum absolute atomic E-state index is 0.0511. The molecule has 4 aromatic rings. The van der Waals surface area contributed by atoms with Crippen molar-refractivity contribution in [1.29, 1.82) is 0 Å². The number of halogens is 2. The molecular formula is C17H16F2N8O. The molecule has 28 heavy (non-hydrogen) atoms. The Kier molecular flexibility index (Phi) is 4.63. The van der Waals surface area contributed by atoms with Crippen LogP contribution in [0.5, 0.6) is 0 Å². The normalized spacial score (nSPS) is 12.8. The number of aromatic nitrogens is 7. The van der Waals surface area contributed by atoms with Crippen LogP contribution in [0.15, 0.2) is 41.2 Å². The van der Waals surface area contributed by atoms with Gasteiger partial charge in [-0.2, -0.15) is 9.50 Å². The standard InChI is InChI=1S/C17H16F2N8O/c1-9(2)13(17-22-15(26-28-17)10-4-3-7-20-8-10)21-11-5-6-12-23-24-16(14(18)19)27(12)25-11/h3-9,13-14H,1-2H3,(H,21,25). The fourth-order valence-electron chi connectivity index (χ4n) is 2.67. The van der Waals surface area contributed by atoms with Crippen molar-refractivity contribution in [1.82, 2.24) is 34.9 Å². The van der Waals surface area contributed by atoms with Crippen LogP contribution in [0.25, 0.3) is 17.0 Å². The van der Waals surface area contributed by atoms with Gasteiger partial charge in [0.25, 0.3) is 6.43 Å². The van der Waals surface area contributed by atoms with E-state index in [0.717, 1.165) is 10.1 Å². The number of hydrogen-bond donors (Lipinski definition) is 1. The van der Waals surface area contributed by atoms with Gasteiger partial charge in [0.15, 0.2) is 5.65 Å². The number of nitrogens with one attached hydrogen (secondary N) is 1. The molecule has 4 aromatic heterocycles. The van der Waals surface area contributed by atoms with E-state index in [0.29, 0.717) is 17.5 Å². The summed E-state index contributed by atoms with van der Waals surface area (Å²) in [5, 5.41) is 18.5. The Balaban J connectivity index is 1.64. The van der Waals surface area contributed by atoms with Gasteiger partial charge in [-0.15, -0.1) is 15.3 Å². The first-order valence-corrected chi connectivity index (χ1v) is 8.54. The fraction of sp³-hybridized carbons (Fsp3) is 0.294. The third-order valence-corrected chi connectivity index (χ3v) is 4.08. The Morgan fingerprint density at radius 3 is 2.71 bits per heavy atom.